The Morgan fingerprint density at radius 1 is 1.48 bits per heavy atom. The molecule has 0 aliphatic heterocycles. The van der Waals surface area contributed by atoms with Gasteiger partial charge in [-0.25, -0.2) is 0 Å². The first-order valence-electron chi connectivity index (χ1n) is 6.59. The number of carbonyl (C=O) groups is 1. The Morgan fingerprint density at radius 2 is 2.24 bits per heavy atom. The number of aliphatic hydroxyl groups excluding tert-OH is 1. The summed E-state index contributed by atoms with van der Waals surface area (Å²) in [7, 11) is 0. The highest BCUT2D eigenvalue weighted by Crippen LogP contribution is 2.26. The Morgan fingerprint density at radius 3 is 2.90 bits per heavy atom. The SMILES string of the molecule is CCOC(=O)CC(O)Cn1ccc2cccc([N+](=O)[O-])c21. The number of non-ortho nitro benzene ring substituents is 1. The number of benzene rings is 1. The predicted octanol–water partition coefficient (Wildman–Crippen LogP) is 1.86. The first-order chi connectivity index (χ1) is 10.0. The lowest BCUT2D eigenvalue weighted by atomic mass is 10.2. The van der Waals surface area contributed by atoms with E-state index in [1.165, 1.54) is 6.07 Å². The van der Waals surface area contributed by atoms with Crippen molar-refractivity contribution in [1.82, 2.24) is 4.57 Å². The van der Waals surface area contributed by atoms with Gasteiger partial charge in [-0.15, -0.1) is 0 Å². The molecule has 2 aromatic rings. The quantitative estimate of drug-likeness (QED) is 0.498. The van der Waals surface area contributed by atoms with Crippen LogP contribution in [-0.4, -0.2) is 33.3 Å². The molecule has 1 aromatic carbocycles. The third-order valence-corrected chi connectivity index (χ3v) is 3.08. The van der Waals surface area contributed by atoms with Crippen LogP contribution < -0.4 is 0 Å². The van der Waals surface area contributed by atoms with Crippen LogP contribution in [-0.2, 0) is 16.1 Å². The standard InChI is InChI=1S/C14H16N2O5/c1-2-21-13(18)8-11(17)9-15-7-6-10-4-3-5-12(14(10)15)16(19)20/h3-7,11,17H,2,8-9H2,1H3. The second-order valence-electron chi connectivity index (χ2n) is 4.60. The van der Waals surface area contributed by atoms with Crippen molar-refractivity contribution in [2.45, 2.75) is 26.0 Å². The first-order valence-corrected chi connectivity index (χ1v) is 6.59. The normalized spacial score (nSPS) is 12.3. The molecule has 21 heavy (non-hydrogen) atoms. The predicted molar refractivity (Wildman–Crippen MR) is 75.8 cm³/mol. The van der Waals surface area contributed by atoms with Gasteiger partial charge in [-0.3, -0.25) is 14.9 Å². The zero-order valence-corrected chi connectivity index (χ0v) is 11.6. The van der Waals surface area contributed by atoms with Gasteiger partial charge in [0.15, 0.2) is 0 Å². The van der Waals surface area contributed by atoms with Crippen LogP contribution in [0.5, 0.6) is 0 Å². The number of para-hydroxylation sites is 1. The van der Waals surface area contributed by atoms with E-state index < -0.39 is 17.0 Å². The van der Waals surface area contributed by atoms with E-state index in [0.29, 0.717) is 10.9 Å². The van der Waals surface area contributed by atoms with Gasteiger partial charge in [0.1, 0.15) is 5.52 Å². The smallest absolute Gasteiger partial charge is 0.308 e. The maximum absolute atomic E-state index is 11.3. The highest BCUT2D eigenvalue weighted by Gasteiger charge is 2.18. The van der Waals surface area contributed by atoms with Crippen molar-refractivity contribution in [3.05, 3.63) is 40.6 Å². The Kier molecular flexibility index (Phi) is 4.54. The van der Waals surface area contributed by atoms with Crippen molar-refractivity contribution in [2.24, 2.45) is 0 Å². The number of nitro groups is 1. The van der Waals surface area contributed by atoms with Gasteiger partial charge in [-0.2, -0.15) is 0 Å². The zero-order chi connectivity index (χ0) is 15.4. The fraction of sp³-hybridized carbons (Fsp3) is 0.357. The molecule has 2 rings (SSSR count). The van der Waals surface area contributed by atoms with Crippen LogP contribution in [0.15, 0.2) is 30.5 Å². The number of hydrogen-bond donors (Lipinski definition) is 1. The minimum absolute atomic E-state index is 0.0270. The summed E-state index contributed by atoms with van der Waals surface area (Å²) in [5.74, 6) is -0.490. The van der Waals surface area contributed by atoms with Gasteiger partial charge in [0.05, 0.1) is 24.1 Å². The molecule has 0 radical (unpaired) electrons. The van der Waals surface area contributed by atoms with E-state index in [0.717, 1.165) is 0 Å². The lowest BCUT2D eigenvalue weighted by Crippen LogP contribution is -2.21. The van der Waals surface area contributed by atoms with E-state index in [2.05, 4.69) is 0 Å². The molecular formula is C14H16N2O5. The van der Waals surface area contributed by atoms with Crippen LogP contribution in [0.25, 0.3) is 10.9 Å². The molecule has 112 valence electrons. The summed E-state index contributed by atoms with van der Waals surface area (Å²) >= 11 is 0. The van der Waals surface area contributed by atoms with Crippen LogP contribution >= 0.6 is 0 Å². The second kappa shape index (κ2) is 6.36. The average molecular weight is 292 g/mol. The largest absolute Gasteiger partial charge is 0.466 e. The molecule has 0 spiro atoms. The molecule has 1 N–H and O–H groups in total. The molecule has 1 aromatic heterocycles. The number of hydrogen-bond acceptors (Lipinski definition) is 5. The number of nitrogens with zero attached hydrogens (tertiary/aromatic N) is 2. The molecule has 0 bridgehead atoms. The Hall–Kier alpha value is -2.41. The lowest BCUT2D eigenvalue weighted by molar-refractivity contribution is -0.383. The topological polar surface area (TPSA) is 94.6 Å². The summed E-state index contributed by atoms with van der Waals surface area (Å²) in [5, 5.41) is 21.7. The summed E-state index contributed by atoms with van der Waals surface area (Å²) in [4.78, 5) is 21.9. The number of fused-ring (bicyclic) bond motifs is 1. The van der Waals surface area contributed by atoms with E-state index in [1.807, 2.05) is 0 Å². The summed E-state index contributed by atoms with van der Waals surface area (Å²) in [5.41, 5.74) is 0.409. The molecule has 0 fully saturated rings. The third kappa shape index (κ3) is 3.38. The van der Waals surface area contributed by atoms with Gasteiger partial charge in [-0.05, 0) is 13.0 Å². The minimum Gasteiger partial charge on any atom is -0.466 e. The number of carbonyl (C=O) groups excluding carboxylic acids is 1. The fourth-order valence-electron chi connectivity index (χ4n) is 2.24. The molecule has 0 aliphatic carbocycles. The highest BCUT2D eigenvalue weighted by molar-refractivity contribution is 5.88. The molecule has 0 saturated carbocycles. The van der Waals surface area contributed by atoms with E-state index in [4.69, 9.17) is 4.74 Å². The van der Waals surface area contributed by atoms with Crippen molar-refractivity contribution in [2.75, 3.05) is 6.61 Å². The van der Waals surface area contributed by atoms with Crippen molar-refractivity contribution in [3.63, 3.8) is 0 Å². The number of aliphatic hydroxyl groups is 1. The second-order valence-corrected chi connectivity index (χ2v) is 4.60. The van der Waals surface area contributed by atoms with Crippen LogP contribution in [0.1, 0.15) is 13.3 Å². The van der Waals surface area contributed by atoms with E-state index in [1.54, 1.807) is 35.9 Å². The van der Waals surface area contributed by atoms with E-state index in [-0.39, 0.29) is 25.3 Å². The lowest BCUT2D eigenvalue weighted by Gasteiger charge is -2.12. The average Bonchev–Trinajstić information content (AvgIpc) is 2.81. The number of aromatic nitrogens is 1. The summed E-state index contributed by atoms with van der Waals surface area (Å²) < 4.78 is 6.35. The van der Waals surface area contributed by atoms with Crippen LogP contribution in [0.3, 0.4) is 0 Å². The molecule has 0 amide bonds. The monoisotopic (exact) mass is 292 g/mol. The summed E-state index contributed by atoms with van der Waals surface area (Å²) in [6, 6.07) is 6.52. The first kappa shape index (κ1) is 15.0. The van der Waals surface area contributed by atoms with Gasteiger partial charge >= 0.3 is 5.97 Å². The van der Waals surface area contributed by atoms with Gasteiger partial charge in [0.2, 0.25) is 0 Å². The molecule has 0 saturated heterocycles. The molecule has 0 aliphatic rings. The fourth-order valence-corrected chi connectivity index (χ4v) is 2.24. The number of ether oxygens (including phenoxy) is 1. The number of rotatable bonds is 6. The minimum atomic E-state index is -0.959. The maximum Gasteiger partial charge on any atom is 0.308 e. The molecule has 7 nitrogen and oxygen atoms in total. The number of esters is 1. The molecule has 1 heterocycles. The summed E-state index contributed by atoms with van der Waals surface area (Å²) in [6.45, 7) is 2.03. The number of nitro benzene ring substituents is 1. The maximum atomic E-state index is 11.3. The van der Waals surface area contributed by atoms with Gasteiger partial charge in [0, 0.05) is 24.2 Å². The summed E-state index contributed by atoms with van der Waals surface area (Å²) in [6.07, 6.45) is 0.555. The van der Waals surface area contributed by atoms with Crippen molar-refractivity contribution in [3.8, 4) is 0 Å². The van der Waals surface area contributed by atoms with Crippen LogP contribution in [0.2, 0.25) is 0 Å². The van der Waals surface area contributed by atoms with E-state index >= 15 is 0 Å². The van der Waals surface area contributed by atoms with Crippen molar-refractivity contribution in [1.29, 1.82) is 0 Å². The molecule has 7 heteroatoms. The van der Waals surface area contributed by atoms with Crippen molar-refractivity contribution < 1.29 is 19.6 Å². The van der Waals surface area contributed by atoms with Gasteiger partial charge in [-0.1, -0.05) is 12.1 Å². The van der Waals surface area contributed by atoms with E-state index in [9.17, 15) is 20.0 Å². The van der Waals surface area contributed by atoms with Gasteiger partial charge in [0.25, 0.3) is 5.69 Å². The van der Waals surface area contributed by atoms with Crippen molar-refractivity contribution >= 4 is 22.6 Å². The van der Waals surface area contributed by atoms with Gasteiger partial charge < -0.3 is 14.4 Å². The zero-order valence-electron chi connectivity index (χ0n) is 11.6. The van der Waals surface area contributed by atoms with Crippen LogP contribution in [0, 0.1) is 10.1 Å². The Labute approximate surface area is 120 Å². The molecule has 1 atom stereocenters. The Bertz CT molecular complexity index is 664. The third-order valence-electron chi connectivity index (χ3n) is 3.08. The molecular weight excluding hydrogens is 276 g/mol. The Balaban J connectivity index is 2.23. The molecule has 1 unspecified atom stereocenters. The highest BCUT2D eigenvalue weighted by atomic mass is 16.6. The van der Waals surface area contributed by atoms with Crippen LogP contribution in [0.4, 0.5) is 5.69 Å².